The fourth-order valence-corrected chi connectivity index (χ4v) is 3.04. The van der Waals surface area contributed by atoms with E-state index in [2.05, 4.69) is 15.6 Å². The number of aromatic nitrogens is 3. The molecule has 0 aliphatic carbocycles. The molecule has 25 heavy (non-hydrogen) atoms. The van der Waals surface area contributed by atoms with Gasteiger partial charge in [0.05, 0.1) is 6.54 Å². The maximum absolute atomic E-state index is 6.18. The molecule has 3 aromatic rings. The van der Waals surface area contributed by atoms with Gasteiger partial charge in [-0.25, -0.2) is 4.68 Å². The van der Waals surface area contributed by atoms with Crippen LogP contribution in [0.5, 0.6) is 5.75 Å². The first-order valence-electron chi connectivity index (χ1n) is 7.24. The highest BCUT2D eigenvalue weighted by Gasteiger charge is 2.10. The number of nitrogens with zero attached hydrogens (tertiary/aromatic N) is 2. The molecular formula is C16H13Cl3N4OS. The molecule has 0 saturated carbocycles. The average molecular weight is 416 g/mol. The van der Waals surface area contributed by atoms with Crippen molar-refractivity contribution < 1.29 is 4.74 Å². The zero-order chi connectivity index (χ0) is 17.8. The molecule has 0 unspecified atom stereocenters. The van der Waals surface area contributed by atoms with E-state index in [1.54, 1.807) is 41.3 Å². The minimum Gasteiger partial charge on any atom is -0.488 e. The maximum Gasteiger partial charge on any atom is 0.214 e. The first kappa shape index (κ1) is 18.1. The van der Waals surface area contributed by atoms with Gasteiger partial charge in [0, 0.05) is 26.2 Å². The summed E-state index contributed by atoms with van der Waals surface area (Å²) in [5.74, 6) is 0.669. The Bertz CT molecular complexity index is 921. The van der Waals surface area contributed by atoms with Gasteiger partial charge in [0.2, 0.25) is 4.77 Å². The second kappa shape index (κ2) is 8.10. The van der Waals surface area contributed by atoms with Gasteiger partial charge >= 0.3 is 0 Å². The summed E-state index contributed by atoms with van der Waals surface area (Å²) in [7, 11) is 0. The highest BCUT2D eigenvalue weighted by Crippen LogP contribution is 2.28. The highest BCUT2D eigenvalue weighted by molar-refractivity contribution is 7.71. The SMILES string of the molecule is S=c1[nH]ncn1NCc1cc(Cl)ccc1OCc1c(Cl)cccc1Cl. The quantitative estimate of drug-likeness (QED) is 0.542. The second-order valence-corrected chi connectivity index (χ2v) is 6.74. The Kier molecular flexibility index (Phi) is 5.86. The van der Waals surface area contributed by atoms with Crippen molar-refractivity contribution in [1.29, 1.82) is 0 Å². The van der Waals surface area contributed by atoms with Crippen LogP contribution in [-0.2, 0) is 13.2 Å². The Morgan fingerprint density at radius 3 is 2.60 bits per heavy atom. The predicted octanol–water partition coefficient (Wildman–Crippen LogP) is 5.22. The van der Waals surface area contributed by atoms with Crippen LogP contribution in [0.3, 0.4) is 0 Å². The van der Waals surface area contributed by atoms with Gasteiger partial charge in [0.1, 0.15) is 18.7 Å². The molecule has 0 fully saturated rings. The van der Waals surface area contributed by atoms with Crippen molar-refractivity contribution in [2.45, 2.75) is 13.2 Å². The number of halogens is 3. The number of aromatic amines is 1. The third-order valence-electron chi connectivity index (χ3n) is 3.45. The van der Waals surface area contributed by atoms with Crippen LogP contribution in [0.1, 0.15) is 11.1 Å². The molecule has 0 spiro atoms. The van der Waals surface area contributed by atoms with Gasteiger partial charge in [0.15, 0.2) is 0 Å². The van der Waals surface area contributed by atoms with Crippen molar-refractivity contribution >= 4 is 47.0 Å². The van der Waals surface area contributed by atoms with Crippen molar-refractivity contribution in [2.24, 2.45) is 0 Å². The van der Waals surface area contributed by atoms with Crippen molar-refractivity contribution in [3.05, 3.63) is 73.7 Å². The number of benzene rings is 2. The van der Waals surface area contributed by atoms with Gasteiger partial charge in [-0.1, -0.05) is 40.9 Å². The van der Waals surface area contributed by atoms with Crippen molar-refractivity contribution in [1.82, 2.24) is 14.9 Å². The lowest BCUT2D eigenvalue weighted by atomic mass is 10.2. The molecule has 0 atom stereocenters. The molecule has 2 N–H and O–H groups in total. The zero-order valence-corrected chi connectivity index (χ0v) is 15.9. The molecule has 130 valence electrons. The molecule has 9 heteroatoms. The van der Waals surface area contributed by atoms with Crippen LogP contribution in [0.25, 0.3) is 0 Å². The van der Waals surface area contributed by atoms with Crippen LogP contribution < -0.4 is 10.2 Å². The third-order valence-corrected chi connectivity index (χ3v) is 4.68. The molecule has 1 aromatic heterocycles. The van der Waals surface area contributed by atoms with Crippen LogP contribution in [-0.4, -0.2) is 14.9 Å². The molecule has 1 heterocycles. The smallest absolute Gasteiger partial charge is 0.214 e. The van der Waals surface area contributed by atoms with E-state index in [1.807, 2.05) is 6.07 Å². The fourth-order valence-electron chi connectivity index (χ4n) is 2.18. The summed E-state index contributed by atoms with van der Waals surface area (Å²) in [6, 6.07) is 10.7. The van der Waals surface area contributed by atoms with E-state index in [1.165, 1.54) is 0 Å². The van der Waals surface area contributed by atoms with Crippen LogP contribution >= 0.6 is 47.0 Å². The third kappa shape index (κ3) is 4.46. The summed E-state index contributed by atoms with van der Waals surface area (Å²) in [6.45, 7) is 0.693. The minimum absolute atomic E-state index is 0.248. The number of rotatable bonds is 6. The lowest BCUT2D eigenvalue weighted by molar-refractivity contribution is 0.303. The summed E-state index contributed by atoms with van der Waals surface area (Å²) < 4.78 is 7.98. The Labute approximate surface area is 164 Å². The van der Waals surface area contributed by atoms with Crippen molar-refractivity contribution in [2.75, 3.05) is 5.43 Å². The molecular weight excluding hydrogens is 403 g/mol. The molecule has 0 aliphatic heterocycles. The summed E-state index contributed by atoms with van der Waals surface area (Å²) in [4.78, 5) is 0. The van der Waals surface area contributed by atoms with Gasteiger partial charge in [0.25, 0.3) is 0 Å². The topological polar surface area (TPSA) is 54.9 Å². The van der Waals surface area contributed by atoms with Gasteiger partial charge in [-0.05, 0) is 42.5 Å². The number of nitrogens with one attached hydrogen (secondary N) is 2. The van der Waals surface area contributed by atoms with Gasteiger partial charge in [-0.15, -0.1) is 0 Å². The monoisotopic (exact) mass is 414 g/mol. The molecule has 3 rings (SSSR count). The Morgan fingerprint density at radius 1 is 1.16 bits per heavy atom. The summed E-state index contributed by atoms with van der Waals surface area (Å²) in [6.07, 6.45) is 1.55. The number of hydrogen-bond acceptors (Lipinski definition) is 4. The lowest BCUT2D eigenvalue weighted by Crippen LogP contribution is -2.14. The number of hydrogen-bond donors (Lipinski definition) is 2. The molecule has 2 aromatic carbocycles. The predicted molar refractivity (Wildman–Crippen MR) is 103 cm³/mol. The van der Waals surface area contributed by atoms with E-state index >= 15 is 0 Å². The summed E-state index contributed by atoms with van der Waals surface area (Å²) in [5, 5.41) is 8.25. The summed E-state index contributed by atoms with van der Waals surface area (Å²) >= 11 is 23.6. The lowest BCUT2D eigenvalue weighted by Gasteiger charge is -2.14. The number of H-pyrrole nitrogens is 1. The number of ether oxygens (including phenoxy) is 1. The second-order valence-electron chi connectivity index (χ2n) is 5.11. The first-order chi connectivity index (χ1) is 12.0. The normalized spacial score (nSPS) is 10.7. The standard InChI is InChI=1S/C16H13Cl3N4OS/c17-11-4-5-15(24-8-12-13(18)2-1-3-14(12)19)10(6-11)7-21-23-9-20-22-16(23)25/h1-6,9,21H,7-8H2,(H,22,25). The molecule has 0 aliphatic rings. The van der Waals surface area contributed by atoms with E-state index in [0.29, 0.717) is 32.1 Å². The Hall–Kier alpha value is -1.73. The van der Waals surface area contributed by atoms with Crippen LogP contribution in [0, 0.1) is 4.77 Å². The van der Waals surface area contributed by atoms with Crippen molar-refractivity contribution in [3.8, 4) is 5.75 Å². The van der Waals surface area contributed by atoms with Crippen LogP contribution in [0.2, 0.25) is 15.1 Å². The van der Waals surface area contributed by atoms with E-state index in [-0.39, 0.29) is 6.61 Å². The van der Waals surface area contributed by atoms with Gasteiger partial charge in [-0.3, -0.25) is 5.10 Å². The van der Waals surface area contributed by atoms with Crippen LogP contribution in [0.15, 0.2) is 42.7 Å². The zero-order valence-electron chi connectivity index (χ0n) is 12.8. The van der Waals surface area contributed by atoms with E-state index in [4.69, 9.17) is 51.8 Å². The summed E-state index contributed by atoms with van der Waals surface area (Å²) in [5.41, 5.74) is 4.72. The molecule has 0 bridgehead atoms. The minimum atomic E-state index is 0.248. The van der Waals surface area contributed by atoms with E-state index in [0.717, 1.165) is 11.1 Å². The van der Waals surface area contributed by atoms with Crippen LogP contribution in [0.4, 0.5) is 0 Å². The first-order valence-corrected chi connectivity index (χ1v) is 8.79. The molecule has 0 saturated heterocycles. The average Bonchev–Trinajstić information content (AvgIpc) is 2.99. The Balaban J connectivity index is 1.77. The molecule has 0 amide bonds. The van der Waals surface area contributed by atoms with E-state index in [9.17, 15) is 0 Å². The van der Waals surface area contributed by atoms with Crippen molar-refractivity contribution in [3.63, 3.8) is 0 Å². The van der Waals surface area contributed by atoms with Gasteiger partial charge < -0.3 is 10.2 Å². The van der Waals surface area contributed by atoms with E-state index < -0.39 is 0 Å². The molecule has 0 radical (unpaired) electrons. The maximum atomic E-state index is 6.18. The highest BCUT2D eigenvalue weighted by atomic mass is 35.5. The Morgan fingerprint density at radius 2 is 1.92 bits per heavy atom. The fraction of sp³-hybridized carbons (Fsp3) is 0.125. The largest absolute Gasteiger partial charge is 0.488 e. The molecule has 5 nitrogen and oxygen atoms in total. The van der Waals surface area contributed by atoms with Gasteiger partial charge in [-0.2, -0.15) is 5.10 Å².